The molecule has 0 unspecified atom stereocenters. The first kappa shape index (κ1) is 10.1. The van der Waals surface area contributed by atoms with E-state index in [0.717, 1.165) is 31.8 Å². The highest BCUT2D eigenvalue weighted by atomic mass is 32.2. The summed E-state index contributed by atoms with van der Waals surface area (Å²) >= 11 is 1.44. The van der Waals surface area contributed by atoms with E-state index in [2.05, 4.69) is 6.92 Å². The lowest BCUT2D eigenvalue weighted by Crippen LogP contribution is -2.29. The average molecular weight is 188 g/mol. The van der Waals surface area contributed by atoms with E-state index in [-0.39, 0.29) is 5.12 Å². The first-order valence-corrected chi connectivity index (χ1v) is 5.32. The van der Waals surface area contributed by atoms with Gasteiger partial charge in [0.15, 0.2) is 5.12 Å². The summed E-state index contributed by atoms with van der Waals surface area (Å²) in [6.07, 6.45) is 2.18. The van der Waals surface area contributed by atoms with Crippen LogP contribution >= 0.6 is 11.8 Å². The third-order valence-electron chi connectivity index (χ3n) is 2.32. The van der Waals surface area contributed by atoms with Crippen LogP contribution in [0.1, 0.15) is 26.7 Å². The fourth-order valence-electron chi connectivity index (χ4n) is 1.28. The average Bonchev–Trinajstić information content (AvgIpc) is 2.03. The summed E-state index contributed by atoms with van der Waals surface area (Å²) < 4.78 is 5.28. The molecular formula is C9H16O2S. The van der Waals surface area contributed by atoms with Gasteiger partial charge in [-0.1, -0.05) is 18.7 Å². The second kappa shape index (κ2) is 4.28. The van der Waals surface area contributed by atoms with Crippen LogP contribution in [0.3, 0.4) is 0 Å². The minimum absolute atomic E-state index is 0.225. The van der Waals surface area contributed by atoms with Crippen LogP contribution in [0, 0.1) is 5.41 Å². The molecule has 0 aliphatic carbocycles. The Balaban J connectivity index is 2.31. The van der Waals surface area contributed by atoms with E-state index >= 15 is 0 Å². The summed E-state index contributed by atoms with van der Waals surface area (Å²) in [6, 6.07) is 0. The van der Waals surface area contributed by atoms with Crippen molar-refractivity contribution in [2.75, 3.05) is 19.0 Å². The predicted octanol–water partition coefficient (Wildman–Crippen LogP) is 2.08. The van der Waals surface area contributed by atoms with Gasteiger partial charge in [0.1, 0.15) is 0 Å². The maximum absolute atomic E-state index is 10.8. The number of ether oxygens (including phenoxy) is 1. The minimum Gasteiger partial charge on any atom is -0.381 e. The van der Waals surface area contributed by atoms with Crippen LogP contribution in [0.5, 0.6) is 0 Å². The van der Waals surface area contributed by atoms with E-state index in [9.17, 15) is 4.79 Å². The molecule has 0 radical (unpaired) electrons. The molecule has 3 heteroatoms. The highest BCUT2D eigenvalue weighted by Gasteiger charge is 2.27. The second-order valence-electron chi connectivity index (χ2n) is 3.70. The van der Waals surface area contributed by atoms with Crippen LogP contribution in [0.15, 0.2) is 0 Å². The maximum atomic E-state index is 10.8. The van der Waals surface area contributed by atoms with Crippen molar-refractivity contribution in [1.82, 2.24) is 0 Å². The van der Waals surface area contributed by atoms with Gasteiger partial charge in [-0.2, -0.15) is 0 Å². The zero-order chi connectivity index (χ0) is 9.03. The van der Waals surface area contributed by atoms with E-state index in [1.165, 1.54) is 11.8 Å². The number of carbonyl (C=O) groups excluding carboxylic acids is 1. The zero-order valence-electron chi connectivity index (χ0n) is 7.76. The van der Waals surface area contributed by atoms with E-state index in [0.29, 0.717) is 5.41 Å². The quantitative estimate of drug-likeness (QED) is 0.663. The highest BCUT2D eigenvalue weighted by Crippen LogP contribution is 2.33. The van der Waals surface area contributed by atoms with Gasteiger partial charge < -0.3 is 4.74 Å². The molecule has 2 nitrogen and oxygen atoms in total. The third-order valence-corrected chi connectivity index (χ3v) is 3.57. The van der Waals surface area contributed by atoms with Gasteiger partial charge in [0.25, 0.3) is 0 Å². The Labute approximate surface area is 78.1 Å². The van der Waals surface area contributed by atoms with Gasteiger partial charge in [0.05, 0.1) is 0 Å². The summed E-state index contributed by atoms with van der Waals surface area (Å²) in [5.41, 5.74) is 0.328. The van der Waals surface area contributed by atoms with Crippen molar-refractivity contribution in [2.45, 2.75) is 26.7 Å². The molecule has 1 saturated heterocycles. The minimum atomic E-state index is 0.225. The zero-order valence-corrected chi connectivity index (χ0v) is 8.58. The monoisotopic (exact) mass is 188 g/mol. The molecule has 0 amide bonds. The first-order chi connectivity index (χ1) is 5.62. The van der Waals surface area contributed by atoms with Gasteiger partial charge in [0.2, 0.25) is 0 Å². The maximum Gasteiger partial charge on any atom is 0.185 e. The smallest absolute Gasteiger partial charge is 0.185 e. The van der Waals surface area contributed by atoms with Crippen LogP contribution in [0.25, 0.3) is 0 Å². The first-order valence-electron chi connectivity index (χ1n) is 4.33. The Kier molecular flexibility index (Phi) is 3.59. The van der Waals surface area contributed by atoms with Gasteiger partial charge in [-0.05, 0) is 18.3 Å². The fraction of sp³-hybridized carbons (Fsp3) is 0.889. The van der Waals surface area contributed by atoms with Crippen molar-refractivity contribution >= 4 is 16.9 Å². The lowest BCUT2D eigenvalue weighted by atomic mass is 9.85. The van der Waals surface area contributed by atoms with E-state index in [4.69, 9.17) is 4.74 Å². The van der Waals surface area contributed by atoms with Gasteiger partial charge in [-0.15, -0.1) is 0 Å². The van der Waals surface area contributed by atoms with Gasteiger partial charge in [-0.3, -0.25) is 4.79 Å². The summed E-state index contributed by atoms with van der Waals surface area (Å²) in [6.45, 7) is 5.59. The van der Waals surface area contributed by atoms with Crippen LogP contribution in [0.2, 0.25) is 0 Å². The van der Waals surface area contributed by atoms with Gasteiger partial charge >= 0.3 is 0 Å². The van der Waals surface area contributed by atoms with E-state index in [1.807, 2.05) is 0 Å². The normalized spacial score (nSPS) is 22.2. The standard InChI is InChI=1S/C9H16O2S/c1-8(10)12-7-9(2)3-5-11-6-4-9/h3-7H2,1-2H3. The molecule has 0 atom stereocenters. The molecule has 0 bridgehead atoms. The molecule has 1 heterocycles. The molecule has 0 saturated carbocycles. The SMILES string of the molecule is CC(=O)SCC1(C)CCOCC1. The van der Waals surface area contributed by atoms with E-state index < -0.39 is 0 Å². The molecular weight excluding hydrogens is 172 g/mol. The molecule has 1 rings (SSSR count). The molecule has 1 aliphatic rings. The number of hydrogen-bond donors (Lipinski definition) is 0. The van der Waals surface area contributed by atoms with Gasteiger partial charge in [0, 0.05) is 25.9 Å². The van der Waals surface area contributed by atoms with Crippen LogP contribution < -0.4 is 0 Å². The Morgan fingerprint density at radius 2 is 2.08 bits per heavy atom. The van der Waals surface area contributed by atoms with Crippen molar-refractivity contribution in [1.29, 1.82) is 0 Å². The largest absolute Gasteiger partial charge is 0.381 e. The predicted molar refractivity (Wildman–Crippen MR) is 51.3 cm³/mol. The Morgan fingerprint density at radius 1 is 1.50 bits per heavy atom. The summed E-state index contributed by atoms with van der Waals surface area (Å²) in [4.78, 5) is 10.8. The summed E-state index contributed by atoms with van der Waals surface area (Å²) in [5, 5.41) is 0.225. The summed E-state index contributed by atoms with van der Waals surface area (Å²) in [5.74, 6) is 0.950. The topological polar surface area (TPSA) is 26.3 Å². The Bertz CT molecular complexity index is 162. The molecule has 70 valence electrons. The molecule has 0 aromatic rings. The lowest BCUT2D eigenvalue weighted by molar-refractivity contribution is -0.109. The van der Waals surface area contributed by atoms with Crippen LogP contribution in [-0.4, -0.2) is 24.1 Å². The summed E-state index contributed by atoms with van der Waals surface area (Å²) in [7, 11) is 0. The number of hydrogen-bond acceptors (Lipinski definition) is 3. The molecule has 0 spiro atoms. The number of rotatable bonds is 2. The third kappa shape index (κ3) is 3.15. The fourth-order valence-corrected chi connectivity index (χ4v) is 2.12. The highest BCUT2D eigenvalue weighted by molar-refractivity contribution is 8.13. The molecule has 0 aromatic heterocycles. The number of carbonyl (C=O) groups is 1. The molecule has 1 fully saturated rings. The van der Waals surface area contributed by atoms with Crippen molar-refractivity contribution in [2.24, 2.45) is 5.41 Å². The van der Waals surface area contributed by atoms with Crippen LogP contribution in [0.4, 0.5) is 0 Å². The Morgan fingerprint density at radius 3 is 2.58 bits per heavy atom. The van der Waals surface area contributed by atoms with Crippen molar-refractivity contribution in [3.63, 3.8) is 0 Å². The second-order valence-corrected chi connectivity index (χ2v) is 4.86. The molecule has 12 heavy (non-hydrogen) atoms. The van der Waals surface area contributed by atoms with Crippen molar-refractivity contribution in [3.8, 4) is 0 Å². The van der Waals surface area contributed by atoms with Gasteiger partial charge in [-0.25, -0.2) is 0 Å². The molecule has 0 N–H and O–H groups in total. The molecule has 0 aromatic carbocycles. The van der Waals surface area contributed by atoms with Crippen molar-refractivity contribution < 1.29 is 9.53 Å². The number of thioether (sulfide) groups is 1. The lowest BCUT2D eigenvalue weighted by Gasteiger charge is -2.32. The molecule has 1 aliphatic heterocycles. The van der Waals surface area contributed by atoms with Crippen LogP contribution in [-0.2, 0) is 9.53 Å². The Hall–Kier alpha value is -0.0200. The van der Waals surface area contributed by atoms with E-state index in [1.54, 1.807) is 6.92 Å². The van der Waals surface area contributed by atoms with Crippen molar-refractivity contribution in [3.05, 3.63) is 0 Å².